The van der Waals surface area contributed by atoms with Crippen molar-refractivity contribution >= 4 is 39.8 Å². The first-order valence-electron chi connectivity index (χ1n) is 14.2. The second-order valence-corrected chi connectivity index (χ2v) is 12.3. The lowest BCUT2D eigenvalue weighted by Gasteiger charge is -2.38. The monoisotopic (exact) mass is 652 g/mol. The number of benzene rings is 3. The number of hydrogen-bond acceptors (Lipinski definition) is 6. The molecular formula is C31H39ClF2N4O5S. The van der Waals surface area contributed by atoms with Crippen molar-refractivity contribution in [1.29, 1.82) is 0 Å². The lowest BCUT2D eigenvalue weighted by atomic mass is 10.0. The third kappa shape index (κ3) is 9.96. The maximum Gasteiger partial charge on any atom is 0.322 e. The third-order valence-electron chi connectivity index (χ3n) is 7.21. The van der Waals surface area contributed by atoms with Crippen LogP contribution in [0.3, 0.4) is 0 Å². The maximum absolute atomic E-state index is 14.1. The molecule has 1 fully saturated rings. The molecular weight excluding hydrogens is 614 g/mol. The van der Waals surface area contributed by atoms with E-state index in [2.05, 4.69) is 21.9 Å². The molecule has 0 bridgehead atoms. The number of nitrogens with zero attached hydrogens (tertiary/aromatic N) is 2. The lowest BCUT2D eigenvalue weighted by Crippen LogP contribution is -2.49. The molecule has 0 atom stereocenters. The van der Waals surface area contributed by atoms with E-state index in [1.165, 1.54) is 13.2 Å². The van der Waals surface area contributed by atoms with Gasteiger partial charge >= 0.3 is 6.03 Å². The highest BCUT2D eigenvalue weighted by molar-refractivity contribution is 7.92. The van der Waals surface area contributed by atoms with E-state index < -0.39 is 21.7 Å². The van der Waals surface area contributed by atoms with Crippen molar-refractivity contribution < 1.29 is 31.5 Å². The van der Waals surface area contributed by atoms with Gasteiger partial charge in [-0.1, -0.05) is 25.5 Å². The molecule has 240 valence electrons. The average Bonchev–Trinajstić information content (AvgIpc) is 2.96. The molecule has 2 N–H and O–H groups in total. The number of hydrogen-bond donors (Lipinski definition) is 2. The van der Waals surface area contributed by atoms with E-state index in [1.54, 1.807) is 23.1 Å². The molecule has 1 saturated heterocycles. The molecule has 4 rings (SSSR count). The van der Waals surface area contributed by atoms with Gasteiger partial charge in [-0.25, -0.2) is 22.0 Å². The standard InChI is InChI=1S/C31H38F2N4O5S.ClH/c1-4-5-16-37(31(38)34-28-12-8-23(32)19-27(28)33)25-14-17-36(18-15-25)21-22-6-10-26(11-7-22)42-29-13-9-24(20-30(29)41-2)35-43(3,39)40;/h6-13,19-20,25,35H,4-5,14-18,21H2,1-3H3,(H,34,38);1H. The third-order valence-corrected chi connectivity index (χ3v) is 7.81. The molecule has 1 aliphatic heterocycles. The Morgan fingerprint density at radius 1 is 1.02 bits per heavy atom. The number of piperidine rings is 1. The minimum Gasteiger partial charge on any atom is -0.493 e. The smallest absolute Gasteiger partial charge is 0.322 e. The zero-order valence-corrected chi connectivity index (χ0v) is 26.6. The van der Waals surface area contributed by atoms with Crippen LogP contribution in [0.2, 0.25) is 0 Å². The molecule has 9 nitrogen and oxygen atoms in total. The van der Waals surface area contributed by atoms with E-state index in [0.29, 0.717) is 29.5 Å². The first-order valence-corrected chi connectivity index (χ1v) is 16.1. The van der Waals surface area contributed by atoms with Crippen molar-refractivity contribution in [2.24, 2.45) is 0 Å². The Morgan fingerprint density at radius 2 is 1.73 bits per heavy atom. The van der Waals surface area contributed by atoms with Crippen LogP contribution in [0.1, 0.15) is 38.2 Å². The maximum atomic E-state index is 14.1. The topological polar surface area (TPSA) is 100 Å². The SMILES string of the molecule is CCCCN(C(=O)Nc1ccc(F)cc1F)C1CCN(Cc2ccc(Oc3ccc(NS(C)(=O)=O)cc3OC)cc2)CC1.Cl. The van der Waals surface area contributed by atoms with E-state index in [1.807, 2.05) is 24.3 Å². The van der Waals surface area contributed by atoms with Gasteiger partial charge in [0.15, 0.2) is 11.5 Å². The van der Waals surface area contributed by atoms with Crippen molar-refractivity contribution in [3.05, 3.63) is 77.9 Å². The highest BCUT2D eigenvalue weighted by atomic mass is 35.5. The van der Waals surface area contributed by atoms with E-state index in [0.717, 1.165) is 69.3 Å². The summed E-state index contributed by atoms with van der Waals surface area (Å²) in [5.41, 5.74) is 1.46. The van der Waals surface area contributed by atoms with Gasteiger partial charge in [-0.2, -0.15) is 0 Å². The minimum absolute atomic E-state index is 0. The van der Waals surface area contributed by atoms with Gasteiger partial charge in [0.25, 0.3) is 0 Å². The Hall–Kier alpha value is -3.61. The van der Waals surface area contributed by atoms with Crippen molar-refractivity contribution in [3.63, 3.8) is 0 Å². The number of carbonyl (C=O) groups is 1. The van der Waals surface area contributed by atoms with Gasteiger partial charge in [0.1, 0.15) is 17.4 Å². The second-order valence-electron chi connectivity index (χ2n) is 10.6. The van der Waals surface area contributed by atoms with Gasteiger partial charge in [0, 0.05) is 44.4 Å². The Balaban J connectivity index is 0.00000529. The van der Waals surface area contributed by atoms with Gasteiger partial charge < -0.3 is 19.7 Å². The number of likely N-dealkylation sites (tertiary alicyclic amines) is 1. The van der Waals surface area contributed by atoms with Crippen LogP contribution in [0.5, 0.6) is 17.2 Å². The number of rotatable bonds is 12. The van der Waals surface area contributed by atoms with Crippen LogP contribution in [-0.2, 0) is 16.6 Å². The molecule has 0 saturated carbocycles. The molecule has 0 spiro atoms. The fourth-order valence-corrected chi connectivity index (χ4v) is 5.58. The molecule has 3 aromatic rings. The summed E-state index contributed by atoms with van der Waals surface area (Å²) >= 11 is 0. The zero-order valence-electron chi connectivity index (χ0n) is 25.0. The van der Waals surface area contributed by atoms with Crippen molar-refractivity contribution in [2.75, 3.05) is 43.0 Å². The van der Waals surface area contributed by atoms with E-state index >= 15 is 0 Å². The largest absolute Gasteiger partial charge is 0.493 e. The summed E-state index contributed by atoms with van der Waals surface area (Å²) in [6.07, 6.45) is 4.41. The van der Waals surface area contributed by atoms with Crippen molar-refractivity contribution in [2.45, 2.75) is 45.2 Å². The number of halogens is 3. The number of sulfonamides is 1. The van der Waals surface area contributed by atoms with Gasteiger partial charge in [-0.05, 0) is 61.2 Å². The van der Waals surface area contributed by atoms with Crippen LogP contribution in [-0.4, -0.2) is 63.3 Å². The van der Waals surface area contributed by atoms with E-state index in [9.17, 15) is 22.0 Å². The predicted octanol–water partition coefficient (Wildman–Crippen LogP) is 6.86. The predicted molar refractivity (Wildman–Crippen MR) is 171 cm³/mol. The van der Waals surface area contributed by atoms with Crippen LogP contribution < -0.4 is 19.5 Å². The number of carbonyl (C=O) groups excluding carboxylic acids is 1. The molecule has 0 aliphatic carbocycles. The minimum atomic E-state index is -3.41. The molecule has 2 amide bonds. The average molecular weight is 653 g/mol. The molecule has 3 aromatic carbocycles. The number of anilines is 2. The number of nitrogens with one attached hydrogen (secondary N) is 2. The van der Waals surface area contributed by atoms with Crippen LogP contribution in [0.4, 0.5) is 25.0 Å². The summed E-state index contributed by atoms with van der Waals surface area (Å²) in [6.45, 7) is 4.97. The van der Waals surface area contributed by atoms with Crippen molar-refractivity contribution in [3.8, 4) is 17.2 Å². The normalized spacial score (nSPS) is 13.9. The van der Waals surface area contributed by atoms with Gasteiger partial charge in [0.2, 0.25) is 10.0 Å². The lowest BCUT2D eigenvalue weighted by molar-refractivity contribution is 0.122. The first-order chi connectivity index (χ1) is 20.5. The quantitative estimate of drug-likeness (QED) is 0.222. The van der Waals surface area contributed by atoms with Crippen LogP contribution in [0.15, 0.2) is 60.7 Å². The highest BCUT2D eigenvalue weighted by Crippen LogP contribution is 2.34. The van der Waals surface area contributed by atoms with Gasteiger partial charge in [-0.15, -0.1) is 12.4 Å². The second kappa shape index (κ2) is 15.9. The number of amides is 2. The van der Waals surface area contributed by atoms with E-state index in [-0.39, 0.29) is 30.2 Å². The molecule has 13 heteroatoms. The fraction of sp³-hybridized carbons (Fsp3) is 0.387. The van der Waals surface area contributed by atoms with E-state index in [4.69, 9.17) is 9.47 Å². The van der Waals surface area contributed by atoms with Gasteiger partial charge in [-0.3, -0.25) is 9.62 Å². The molecule has 1 aliphatic rings. The highest BCUT2D eigenvalue weighted by Gasteiger charge is 2.28. The van der Waals surface area contributed by atoms with Crippen LogP contribution in [0.25, 0.3) is 0 Å². The summed E-state index contributed by atoms with van der Waals surface area (Å²) < 4.78 is 64.2. The molecule has 0 unspecified atom stereocenters. The van der Waals surface area contributed by atoms with Crippen LogP contribution in [0, 0.1) is 11.6 Å². The molecule has 0 aromatic heterocycles. The van der Waals surface area contributed by atoms with Crippen molar-refractivity contribution in [1.82, 2.24) is 9.80 Å². The number of urea groups is 1. The number of ether oxygens (including phenoxy) is 2. The Kier molecular flexibility index (Phi) is 12.6. The number of unbranched alkanes of at least 4 members (excludes halogenated alkanes) is 1. The molecule has 1 heterocycles. The molecule has 44 heavy (non-hydrogen) atoms. The van der Waals surface area contributed by atoms with Gasteiger partial charge in [0.05, 0.1) is 24.7 Å². The Bertz CT molecular complexity index is 1500. The Labute approximate surface area is 264 Å². The first kappa shape index (κ1) is 34.9. The summed E-state index contributed by atoms with van der Waals surface area (Å²) in [6, 6.07) is 15.3. The fourth-order valence-electron chi connectivity index (χ4n) is 5.02. The summed E-state index contributed by atoms with van der Waals surface area (Å²) in [5, 5.41) is 2.62. The summed E-state index contributed by atoms with van der Waals surface area (Å²) in [4.78, 5) is 17.2. The molecule has 0 radical (unpaired) electrons. The zero-order chi connectivity index (χ0) is 31.0. The summed E-state index contributed by atoms with van der Waals surface area (Å²) in [7, 11) is -1.93. The number of methoxy groups -OCH3 is 1. The summed E-state index contributed by atoms with van der Waals surface area (Å²) in [5.74, 6) is -0.0295. The Morgan fingerprint density at radius 3 is 2.34 bits per heavy atom. The van der Waals surface area contributed by atoms with Crippen LogP contribution >= 0.6 is 12.4 Å².